The zero-order valence-electron chi connectivity index (χ0n) is 13.2. The molecule has 2 rings (SSSR count). The van der Waals surface area contributed by atoms with E-state index in [1.807, 2.05) is 23.1 Å². The summed E-state index contributed by atoms with van der Waals surface area (Å²) < 4.78 is 0. The van der Waals surface area contributed by atoms with Crippen molar-refractivity contribution in [1.29, 1.82) is 0 Å². The molecule has 0 saturated carbocycles. The van der Waals surface area contributed by atoms with Gasteiger partial charge in [-0.1, -0.05) is 32.0 Å². The molecule has 2 unspecified atom stereocenters. The van der Waals surface area contributed by atoms with E-state index < -0.39 is 0 Å². The van der Waals surface area contributed by atoms with Gasteiger partial charge < -0.3 is 15.3 Å². The maximum Gasteiger partial charge on any atom is 0.321 e. The number of carbonyl (C=O) groups is 1. The van der Waals surface area contributed by atoms with Crippen molar-refractivity contribution < 1.29 is 9.90 Å². The Balaban J connectivity index is 2.04. The second-order valence-electron chi connectivity index (χ2n) is 6.26. The molecule has 0 aliphatic carbocycles. The fraction of sp³-hybridized carbons (Fsp3) is 0.588. The van der Waals surface area contributed by atoms with Gasteiger partial charge in [-0.2, -0.15) is 0 Å². The molecule has 0 bridgehead atoms. The lowest BCUT2D eigenvalue weighted by atomic mass is 9.93. The molecule has 4 nitrogen and oxygen atoms in total. The lowest BCUT2D eigenvalue weighted by molar-refractivity contribution is 0.0766. The molecule has 21 heavy (non-hydrogen) atoms. The third-order valence-corrected chi connectivity index (χ3v) is 4.25. The van der Waals surface area contributed by atoms with Gasteiger partial charge in [0.1, 0.15) is 0 Å². The van der Waals surface area contributed by atoms with E-state index in [1.54, 1.807) is 6.92 Å². The van der Waals surface area contributed by atoms with Crippen LogP contribution in [0.4, 0.5) is 10.5 Å². The van der Waals surface area contributed by atoms with Gasteiger partial charge in [0.15, 0.2) is 0 Å². The average molecular weight is 290 g/mol. The number of nitrogens with one attached hydrogen (secondary N) is 1. The Bertz CT molecular complexity index is 485. The van der Waals surface area contributed by atoms with E-state index in [0.29, 0.717) is 12.5 Å². The molecule has 2 amide bonds. The summed E-state index contributed by atoms with van der Waals surface area (Å²) in [5.74, 6) is 0.554. The van der Waals surface area contributed by atoms with E-state index in [9.17, 15) is 9.90 Å². The van der Waals surface area contributed by atoms with Gasteiger partial charge in [0, 0.05) is 24.7 Å². The Morgan fingerprint density at radius 2 is 2.05 bits per heavy atom. The summed E-state index contributed by atoms with van der Waals surface area (Å²) in [4.78, 5) is 14.3. The minimum atomic E-state index is -0.358. The van der Waals surface area contributed by atoms with Crippen LogP contribution in [-0.4, -0.2) is 35.2 Å². The highest BCUT2D eigenvalue weighted by Crippen LogP contribution is 2.25. The Morgan fingerprint density at radius 1 is 1.33 bits per heavy atom. The van der Waals surface area contributed by atoms with Gasteiger partial charge >= 0.3 is 6.03 Å². The van der Waals surface area contributed by atoms with E-state index in [4.69, 9.17) is 0 Å². The Hall–Kier alpha value is -1.55. The number of benzene rings is 1. The minimum Gasteiger partial charge on any atom is -0.393 e. The largest absolute Gasteiger partial charge is 0.393 e. The van der Waals surface area contributed by atoms with E-state index in [-0.39, 0.29) is 18.1 Å². The summed E-state index contributed by atoms with van der Waals surface area (Å²) in [6.07, 6.45) is 1.59. The number of hydrogen-bond donors (Lipinski definition) is 2. The van der Waals surface area contributed by atoms with Gasteiger partial charge in [-0.05, 0) is 37.3 Å². The molecule has 1 aliphatic rings. The monoisotopic (exact) mass is 290 g/mol. The van der Waals surface area contributed by atoms with Gasteiger partial charge in [-0.15, -0.1) is 0 Å². The summed E-state index contributed by atoms with van der Waals surface area (Å²) >= 11 is 0. The normalized spacial score (nSPS) is 20.4. The third kappa shape index (κ3) is 3.97. The first-order valence-electron chi connectivity index (χ1n) is 7.82. The number of nitrogens with zero attached hydrogens (tertiary/aromatic N) is 1. The number of likely N-dealkylation sites (tertiary alicyclic amines) is 1. The molecule has 0 spiro atoms. The number of para-hydroxylation sites is 1. The molecule has 1 aromatic rings. The predicted octanol–water partition coefficient (Wildman–Crippen LogP) is 3.43. The molecule has 0 aromatic heterocycles. The first-order chi connectivity index (χ1) is 9.99. The number of rotatable bonds is 3. The first kappa shape index (κ1) is 15.8. The summed E-state index contributed by atoms with van der Waals surface area (Å²) in [5.41, 5.74) is 2.03. The van der Waals surface area contributed by atoms with Gasteiger partial charge in [0.2, 0.25) is 0 Å². The van der Waals surface area contributed by atoms with Crippen LogP contribution in [0.5, 0.6) is 0 Å². The maximum atomic E-state index is 12.4. The molecule has 1 fully saturated rings. The maximum absolute atomic E-state index is 12.4. The Morgan fingerprint density at radius 3 is 2.71 bits per heavy atom. The van der Waals surface area contributed by atoms with Crippen molar-refractivity contribution in [3.05, 3.63) is 29.8 Å². The van der Waals surface area contributed by atoms with E-state index in [0.717, 1.165) is 30.6 Å². The number of hydrogen-bond acceptors (Lipinski definition) is 2. The topological polar surface area (TPSA) is 52.6 Å². The summed E-state index contributed by atoms with van der Waals surface area (Å²) in [7, 11) is 0. The van der Waals surface area contributed by atoms with Crippen LogP contribution in [0.15, 0.2) is 24.3 Å². The van der Waals surface area contributed by atoms with Crippen molar-refractivity contribution in [3.8, 4) is 0 Å². The first-order valence-corrected chi connectivity index (χ1v) is 7.82. The molecular weight excluding hydrogens is 264 g/mol. The smallest absolute Gasteiger partial charge is 0.321 e. The molecule has 1 saturated heterocycles. The van der Waals surface area contributed by atoms with Crippen LogP contribution < -0.4 is 5.32 Å². The van der Waals surface area contributed by atoms with Crippen molar-refractivity contribution in [2.45, 2.75) is 45.6 Å². The highest BCUT2D eigenvalue weighted by molar-refractivity contribution is 5.90. The molecule has 4 heteroatoms. The van der Waals surface area contributed by atoms with Gasteiger partial charge in [0.25, 0.3) is 0 Å². The van der Waals surface area contributed by atoms with Crippen LogP contribution in [0.3, 0.4) is 0 Å². The van der Waals surface area contributed by atoms with Gasteiger partial charge in [-0.3, -0.25) is 0 Å². The Labute approximate surface area is 127 Å². The van der Waals surface area contributed by atoms with Crippen LogP contribution in [0, 0.1) is 5.92 Å². The fourth-order valence-corrected chi connectivity index (χ4v) is 2.90. The van der Waals surface area contributed by atoms with Crippen LogP contribution in [0.1, 0.15) is 45.1 Å². The zero-order valence-corrected chi connectivity index (χ0v) is 13.2. The highest BCUT2D eigenvalue weighted by Gasteiger charge is 2.26. The zero-order chi connectivity index (χ0) is 15.4. The van der Waals surface area contributed by atoms with E-state index in [2.05, 4.69) is 25.2 Å². The second-order valence-corrected chi connectivity index (χ2v) is 6.26. The summed E-state index contributed by atoms with van der Waals surface area (Å²) in [5, 5.41) is 12.8. The predicted molar refractivity (Wildman–Crippen MR) is 85.5 cm³/mol. The summed E-state index contributed by atoms with van der Waals surface area (Å²) in [6, 6.07) is 7.87. The number of aliphatic hydroxyl groups excluding tert-OH is 1. The van der Waals surface area contributed by atoms with Crippen molar-refractivity contribution in [2.75, 3.05) is 18.4 Å². The molecule has 116 valence electrons. The molecular formula is C17H26N2O2. The number of carbonyl (C=O) groups excluding carboxylic acids is 1. The van der Waals surface area contributed by atoms with E-state index in [1.165, 1.54) is 0 Å². The molecule has 1 aliphatic heterocycles. The lowest BCUT2D eigenvalue weighted by Crippen LogP contribution is -2.44. The third-order valence-electron chi connectivity index (χ3n) is 4.25. The molecule has 2 N–H and O–H groups in total. The van der Waals surface area contributed by atoms with Crippen LogP contribution in [-0.2, 0) is 0 Å². The van der Waals surface area contributed by atoms with Gasteiger partial charge in [-0.25, -0.2) is 4.79 Å². The molecule has 1 aromatic carbocycles. The van der Waals surface area contributed by atoms with E-state index >= 15 is 0 Å². The van der Waals surface area contributed by atoms with Crippen molar-refractivity contribution in [3.63, 3.8) is 0 Å². The molecule has 1 heterocycles. The van der Waals surface area contributed by atoms with Crippen molar-refractivity contribution in [2.24, 2.45) is 5.92 Å². The van der Waals surface area contributed by atoms with Gasteiger partial charge in [0.05, 0.1) is 6.10 Å². The number of urea groups is 1. The quantitative estimate of drug-likeness (QED) is 0.896. The number of aliphatic hydroxyl groups is 1. The van der Waals surface area contributed by atoms with Crippen LogP contribution in [0.2, 0.25) is 0 Å². The number of piperidine rings is 1. The lowest BCUT2D eigenvalue weighted by Gasteiger charge is -2.34. The van der Waals surface area contributed by atoms with Crippen LogP contribution in [0.25, 0.3) is 0 Å². The number of anilines is 1. The number of amides is 2. The average Bonchev–Trinajstić information content (AvgIpc) is 2.47. The van der Waals surface area contributed by atoms with Crippen LogP contribution >= 0.6 is 0 Å². The standard InChI is InChI=1S/C17H26N2O2/c1-12(2)15-8-4-5-9-16(15)18-17(21)19-10-6-7-14(11-19)13(3)20/h4-5,8-9,12-14,20H,6-7,10-11H2,1-3H3,(H,18,21). The SMILES string of the molecule is CC(C)c1ccccc1NC(=O)N1CCCC(C(C)O)C1. The fourth-order valence-electron chi connectivity index (χ4n) is 2.90. The van der Waals surface area contributed by atoms with Crippen molar-refractivity contribution >= 4 is 11.7 Å². The Kier molecular flexibility index (Phi) is 5.23. The molecule has 0 radical (unpaired) electrons. The minimum absolute atomic E-state index is 0.0616. The van der Waals surface area contributed by atoms with Crippen molar-refractivity contribution in [1.82, 2.24) is 4.90 Å². The molecule has 2 atom stereocenters. The highest BCUT2D eigenvalue weighted by atomic mass is 16.3. The second kappa shape index (κ2) is 6.94. The summed E-state index contributed by atoms with van der Waals surface area (Å²) in [6.45, 7) is 7.44.